The number of hydrogen-bond donors (Lipinski definition) is 1. The fraction of sp³-hybridized carbons (Fsp3) is 0.333. The average Bonchev–Trinajstić information content (AvgIpc) is 2.57. The number of nitrogens with zero attached hydrogens (tertiary/aromatic N) is 2. The third-order valence-corrected chi connectivity index (χ3v) is 2.64. The lowest BCUT2D eigenvalue weighted by Gasteiger charge is -1.95. The van der Waals surface area contributed by atoms with Gasteiger partial charge in [0.25, 0.3) is 0 Å². The van der Waals surface area contributed by atoms with Crippen LogP contribution >= 0.6 is 0 Å². The summed E-state index contributed by atoms with van der Waals surface area (Å²) in [7, 11) is 1.91. The van der Waals surface area contributed by atoms with Crippen LogP contribution in [0, 0.1) is 0 Å². The van der Waals surface area contributed by atoms with E-state index in [-0.39, 0.29) is 6.42 Å². The zero-order chi connectivity index (χ0) is 11.5. The van der Waals surface area contributed by atoms with Crippen molar-refractivity contribution in [1.82, 2.24) is 9.78 Å². The van der Waals surface area contributed by atoms with Crippen LogP contribution in [0.4, 0.5) is 0 Å². The van der Waals surface area contributed by atoms with E-state index >= 15 is 0 Å². The number of para-hydroxylation sites is 1. The van der Waals surface area contributed by atoms with Gasteiger partial charge in [0, 0.05) is 18.9 Å². The van der Waals surface area contributed by atoms with Crippen molar-refractivity contribution < 1.29 is 9.90 Å². The Morgan fingerprint density at radius 3 is 2.94 bits per heavy atom. The highest BCUT2D eigenvalue weighted by molar-refractivity contribution is 5.81. The fourth-order valence-electron chi connectivity index (χ4n) is 1.88. The zero-order valence-corrected chi connectivity index (χ0v) is 9.18. The van der Waals surface area contributed by atoms with Crippen molar-refractivity contribution in [2.45, 2.75) is 19.3 Å². The largest absolute Gasteiger partial charge is 0.481 e. The van der Waals surface area contributed by atoms with E-state index in [9.17, 15) is 4.79 Å². The smallest absolute Gasteiger partial charge is 0.303 e. The van der Waals surface area contributed by atoms with Crippen LogP contribution in [0.5, 0.6) is 0 Å². The zero-order valence-electron chi connectivity index (χ0n) is 9.18. The fourth-order valence-corrected chi connectivity index (χ4v) is 1.88. The summed E-state index contributed by atoms with van der Waals surface area (Å²) in [6.07, 6.45) is 1.55. The number of rotatable bonds is 4. The molecule has 0 spiro atoms. The molecule has 0 aliphatic heterocycles. The molecule has 2 rings (SSSR count). The van der Waals surface area contributed by atoms with Gasteiger partial charge in [-0.05, 0) is 18.9 Å². The molecule has 1 N–H and O–H groups in total. The first-order valence-electron chi connectivity index (χ1n) is 5.31. The van der Waals surface area contributed by atoms with Crippen molar-refractivity contribution in [3.63, 3.8) is 0 Å². The molecular formula is C12H14N2O2. The number of hydrogen-bond acceptors (Lipinski definition) is 2. The molecule has 16 heavy (non-hydrogen) atoms. The Labute approximate surface area is 93.5 Å². The molecule has 0 radical (unpaired) electrons. The van der Waals surface area contributed by atoms with Gasteiger partial charge in [-0.3, -0.25) is 9.48 Å². The first-order chi connectivity index (χ1) is 7.68. The van der Waals surface area contributed by atoms with E-state index < -0.39 is 5.97 Å². The molecule has 0 saturated heterocycles. The lowest BCUT2D eigenvalue weighted by molar-refractivity contribution is -0.137. The summed E-state index contributed by atoms with van der Waals surface area (Å²) in [6.45, 7) is 0. The molecular weight excluding hydrogens is 204 g/mol. The van der Waals surface area contributed by atoms with Crippen molar-refractivity contribution in [2.24, 2.45) is 7.05 Å². The highest BCUT2D eigenvalue weighted by Crippen LogP contribution is 2.18. The summed E-state index contributed by atoms with van der Waals surface area (Å²) in [6, 6.07) is 8.00. The lowest BCUT2D eigenvalue weighted by atomic mass is 10.1. The number of fused-ring (bicyclic) bond motifs is 1. The van der Waals surface area contributed by atoms with Crippen LogP contribution in [0.3, 0.4) is 0 Å². The third kappa shape index (κ3) is 2.05. The first kappa shape index (κ1) is 10.7. The summed E-state index contributed by atoms with van der Waals surface area (Å²) >= 11 is 0. The number of aromatic nitrogens is 2. The minimum Gasteiger partial charge on any atom is -0.481 e. The number of aryl methyl sites for hydroxylation is 2. The predicted octanol–water partition coefficient (Wildman–Crippen LogP) is 1.98. The molecule has 1 aromatic carbocycles. The second kappa shape index (κ2) is 4.35. The van der Waals surface area contributed by atoms with E-state index in [0.29, 0.717) is 12.8 Å². The Hall–Kier alpha value is -1.84. The molecule has 4 nitrogen and oxygen atoms in total. The molecule has 0 bridgehead atoms. The topological polar surface area (TPSA) is 55.1 Å². The van der Waals surface area contributed by atoms with Crippen LogP contribution in [0.25, 0.3) is 10.9 Å². The lowest BCUT2D eigenvalue weighted by Crippen LogP contribution is -1.97. The monoisotopic (exact) mass is 218 g/mol. The molecule has 0 fully saturated rings. The number of carbonyl (C=O) groups is 1. The molecule has 4 heteroatoms. The van der Waals surface area contributed by atoms with Crippen molar-refractivity contribution >= 4 is 16.9 Å². The van der Waals surface area contributed by atoms with E-state index in [4.69, 9.17) is 5.11 Å². The highest BCUT2D eigenvalue weighted by Gasteiger charge is 2.07. The molecule has 0 unspecified atom stereocenters. The van der Waals surface area contributed by atoms with Crippen LogP contribution in [-0.4, -0.2) is 20.9 Å². The van der Waals surface area contributed by atoms with Crippen LogP contribution in [0.2, 0.25) is 0 Å². The Morgan fingerprint density at radius 1 is 1.44 bits per heavy atom. The second-order valence-electron chi connectivity index (χ2n) is 3.83. The Kier molecular flexibility index (Phi) is 2.90. The molecule has 1 aromatic heterocycles. The van der Waals surface area contributed by atoms with Gasteiger partial charge in [-0.15, -0.1) is 0 Å². The predicted molar refractivity (Wildman–Crippen MR) is 61.3 cm³/mol. The van der Waals surface area contributed by atoms with Gasteiger partial charge in [-0.2, -0.15) is 5.10 Å². The van der Waals surface area contributed by atoms with Crippen LogP contribution in [0.1, 0.15) is 18.5 Å². The minimum atomic E-state index is -0.750. The van der Waals surface area contributed by atoms with E-state index in [2.05, 4.69) is 5.10 Å². The molecule has 0 amide bonds. The van der Waals surface area contributed by atoms with Gasteiger partial charge in [-0.1, -0.05) is 18.2 Å². The van der Waals surface area contributed by atoms with E-state index in [0.717, 1.165) is 16.6 Å². The van der Waals surface area contributed by atoms with E-state index in [1.807, 2.05) is 36.0 Å². The molecule has 0 atom stereocenters. The van der Waals surface area contributed by atoms with Crippen LogP contribution in [0.15, 0.2) is 24.3 Å². The maximum Gasteiger partial charge on any atom is 0.303 e. The quantitative estimate of drug-likeness (QED) is 0.853. The number of carboxylic acids is 1. The summed E-state index contributed by atoms with van der Waals surface area (Å²) in [5.41, 5.74) is 2.08. The standard InChI is InChI=1S/C12H14N2O2/c1-14-11-7-3-2-5-9(11)10(13-14)6-4-8-12(15)16/h2-3,5,7H,4,6,8H2,1H3,(H,15,16). The molecule has 1 heterocycles. The van der Waals surface area contributed by atoms with Gasteiger partial charge >= 0.3 is 5.97 Å². The molecule has 0 aliphatic rings. The summed E-state index contributed by atoms with van der Waals surface area (Å²) in [4.78, 5) is 10.4. The van der Waals surface area contributed by atoms with Gasteiger partial charge in [0.15, 0.2) is 0 Å². The van der Waals surface area contributed by atoms with Crippen LogP contribution in [-0.2, 0) is 18.3 Å². The maximum absolute atomic E-state index is 10.4. The summed E-state index contributed by atoms with van der Waals surface area (Å²) in [5.74, 6) is -0.750. The van der Waals surface area contributed by atoms with Crippen molar-refractivity contribution in [1.29, 1.82) is 0 Å². The van der Waals surface area contributed by atoms with E-state index in [1.165, 1.54) is 0 Å². The van der Waals surface area contributed by atoms with E-state index in [1.54, 1.807) is 0 Å². The summed E-state index contributed by atoms with van der Waals surface area (Å²) < 4.78 is 1.84. The first-order valence-corrected chi connectivity index (χ1v) is 5.31. The van der Waals surface area contributed by atoms with Gasteiger partial charge in [-0.25, -0.2) is 0 Å². The van der Waals surface area contributed by atoms with Gasteiger partial charge in [0.2, 0.25) is 0 Å². The SMILES string of the molecule is Cn1nc(CCCC(=O)O)c2ccccc21. The Morgan fingerprint density at radius 2 is 2.19 bits per heavy atom. The normalized spacial score (nSPS) is 10.8. The Balaban J connectivity index is 2.21. The number of aliphatic carboxylic acids is 1. The molecule has 2 aromatic rings. The highest BCUT2D eigenvalue weighted by atomic mass is 16.4. The minimum absolute atomic E-state index is 0.199. The van der Waals surface area contributed by atoms with Crippen LogP contribution < -0.4 is 0 Å². The van der Waals surface area contributed by atoms with Gasteiger partial charge in [0.05, 0.1) is 11.2 Å². The van der Waals surface area contributed by atoms with Gasteiger partial charge in [0.1, 0.15) is 0 Å². The van der Waals surface area contributed by atoms with Crippen molar-refractivity contribution in [3.8, 4) is 0 Å². The second-order valence-corrected chi connectivity index (χ2v) is 3.83. The average molecular weight is 218 g/mol. The van der Waals surface area contributed by atoms with Gasteiger partial charge < -0.3 is 5.11 Å². The molecule has 84 valence electrons. The van der Waals surface area contributed by atoms with Crippen molar-refractivity contribution in [3.05, 3.63) is 30.0 Å². The number of carboxylic acid groups (broad SMARTS) is 1. The molecule has 0 aliphatic carbocycles. The summed E-state index contributed by atoms with van der Waals surface area (Å²) in [5, 5.41) is 14.1. The maximum atomic E-state index is 10.4. The number of benzene rings is 1. The molecule has 0 saturated carbocycles. The Bertz CT molecular complexity index is 517. The third-order valence-electron chi connectivity index (χ3n) is 2.64. The van der Waals surface area contributed by atoms with Crippen molar-refractivity contribution in [2.75, 3.05) is 0 Å².